The van der Waals surface area contributed by atoms with Gasteiger partial charge in [0.15, 0.2) is 0 Å². The van der Waals surface area contributed by atoms with E-state index in [4.69, 9.17) is 10.5 Å². The maximum atomic E-state index is 13.9. The van der Waals surface area contributed by atoms with Crippen LogP contribution in [0.4, 0.5) is 8.78 Å². The second kappa shape index (κ2) is 7.00. The number of rotatable bonds is 5. The Hall–Kier alpha value is -1.46. The van der Waals surface area contributed by atoms with Gasteiger partial charge in [0.05, 0.1) is 10.0 Å². The third-order valence-electron chi connectivity index (χ3n) is 3.21. The normalized spacial score (nSPS) is 10.7. The molecule has 2 nitrogen and oxygen atoms in total. The molecule has 0 bridgehead atoms. The van der Waals surface area contributed by atoms with E-state index in [2.05, 4.69) is 15.9 Å². The SMILES string of the molecule is Cc1cccc(CCN)c1OCc1c(F)ccc(Br)c1F. The Labute approximate surface area is 131 Å². The van der Waals surface area contributed by atoms with E-state index in [1.54, 1.807) is 0 Å². The lowest BCUT2D eigenvalue weighted by molar-refractivity contribution is 0.287. The number of hydrogen-bond acceptors (Lipinski definition) is 2. The van der Waals surface area contributed by atoms with Crippen molar-refractivity contribution in [2.45, 2.75) is 20.0 Å². The largest absolute Gasteiger partial charge is 0.488 e. The molecule has 0 fully saturated rings. The van der Waals surface area contributed by atoms with Gasteiger partial charge in [-0.1, -0.05) is 18.2 Å². The highest BCUT2D eigenvalue weighted by atomic mass is 79.9. The van der Waals surface area contributed by atoms with Gasteiger partial charge in [0.25, 0.3) is 0 Å². The standard InChI is InChI=1S/C16H16BrF2NO/c1-10-3-2-4-11(7-8-20)16(10)21-9-12-14(18)6-5-13(17)15(12)19/h2-6H,7-9,20H2,1H3. The second-order valence-electron chi connectivity index (χ2n) is 4.71. The highest BCUT2D eigenvalue weighted by molar-refractivity contribution is 9.10. The molecule has 0 saturated carbocycles. The van der Waals surface area contributed by atoms with Crippen LogP contribution in [-0.2, 0) is 13.0 Å². The van der Waals surface area contributed by atoms with Gasteiger partial charge in [-0.05, 0) is 59.1 Å². The van der Waals surface area contributed by atoms with Gasteiger partial charge < -0.3 is 10.5 Å². The lowest BCUT2D eigenvalue weighted by atomic mass is 10.1. The molecule has 0 aliphatic heterocycles. The molecular formula is C16H16BrF2NO. The van der Waals surface area contributed by atoms with E-state index < -0.39 is 11.6 Å². The fourth-order valence-corrected chi connectivity index (χ4v) is 2.49. The average Bonchev–Trinajstić information content (AvgIpc) is 2.46. The number of halogens is 3. The Balaban J connectivity index is 2.27. The summed E-state index contributed by atoms with van der Waals surface area (Å²) in [5, 5.41) is 0. The number of nitrogens with two attached hydrogens (primary N) is 1. The summed E-state index contributed by atoms with van der Waals surface area (Å²) in [6, 6.07) is 8.26. The zero-order valence-corrected chi connectivity index (χ0v) is 13.2. The van der Waals surface area contributed by atoms with Crippen LogP contribution in [0, 0.1) is 18.6 Å². The molecule has 21 heavy (non-hydrogen) atoms. The van der Waals surface area contributed by atoms with Crippen LogP contribution in [0.3, 0.4) is 0 Å². The van der Waals surface area contributed by atoms with Gasteiger partial charge in [-0.15, -0.1) is 0 Å². The number of aryl methyl sites for hydroxylation is 1. The molecule has 0 radical (unpaired) electrons. The molecule has 0 aromatic heterocycles. The molecule has 0 unspecified atom stereocenters. The quantitative estimate of drug-likeness (QED) is 0.819. The Morgan fingerprint density at radius 1 is 1.19 bits per heavy atom. The minimum absolute atomic E-state index is 0.0914. The van der Waals surface area contributed by atoms with Crippen LogP contribution in [-0.4, -0.2) is 6.54 Å². The van der Waals surface area contributed by atoms with Crippen LogP contribution in [0.15, 0.2) is 34.8 Å². The molecular weight excluding hydrogens is 340 g/mol. The maximum Gasteiger partial charge on any atom is 0.146 e. The minimum atomic E-state index is -0.635. The van der Waals surface area contributed by atoms with E-state index >= 15 is 0 Å². The van der Waals surface area contributed by atoms with Crippen molar-refractivity contribution in [3.05, 3.63) is 63.1 Å². The highest BCUT2D eigenvalue weighted by Gasteiger charge is 2.14. The van der Waals surface area contributed by atoms with Gasteiger partial charge in [0.2, 0.25) is 0 Å². The number of para-hydroxylation sites is 1. The Bertz CT molecular complexity index is 646. The lowest BCUT2D eigenvalue weighted by Gasteiger charge is -2.15. The van der Waals surface area contributed by atoms with Crippen molar-refractivity contribution in [1.82, 2.24) is 0 Å². The summed E-state index contributed by atoms with van der Waals surface area (Å²) in [7, 11) is 0. The van der Waals surface area contributed by atoms with Crippen LogP contribution < -0.4 is 10.5 Å². The fourth-order valence-electron chi connectivity index (χ4n) is 2.12. The molecule has 2 rings (SSSR count). The Morgan fingerprint density at radius 2 is 1.95 bits per heavy atom. The van der Waals surface area contributed by atoms with Gasteiger partial charge in [-0.25, -0.2) is 8.78 Å². The van der Waals surface area contributed by atoms with E-state index in [0.29, 0.717) is 18.7 Å². The lowest BCUT2D eigenvalue weighted by Crippen LogP contribution is -2.08. The molecule has 2 aromatic rings. The molecule has 5 heteroatoms. The zero-order valence-electron chi connectivity index (χ0n) is 11.6. The molecule has 0 aliphatic rings. The van der Waals surface area contributed by atoms with Gasteiger partial charge in [0, 0.05) is 0 Å². The summed E-state index contributed by atoms with van der Waals surface area (Å²) in [5.74, 6) is -0.615. The second-order valence-corrected chi connectivity index (χ2v) is 5.57. The first-order valence-corrected chi connectivity index (χ1v) is 7.37. The number of ether oxygens (including phenoxy) is 1. The number of hydrogen-bond donors (Lipinski definition) is 1. The molecule has 0 amide bonds. The summed E-state index contributed by atoms with van der Waals surface area (Å²) in [6.07, 6.45) is 0.653. The first kappa shape index (κ1) is 15.9. The van der Waals surface area contributed by atoms with Crippen LogP contribution >= 0.6 is 15.9 Å². The topological polar surface area (TPSA) is 35.2 Å². The van der Waals surface area contributed by atoms with E-state index in [0.717, 1.165) is 11.1 Å². The maximum absolute atomic E-state index is 13.9. The molecule has 0 atom stereocenters. The van der Waals surface area contributed by atoms with Crippen LogP contribution in [0.1, 0.15) is 16.7 Å². The zero-order chi connectivity index (χ0) is 15.4. The smallest absolute Gasteiger partial charge is 0.146 e. The fraction of sp³-hybridized carbons (Fsp3) is 0.250. The van der Waals surface area contributed by atoms with E-state index in [9.17, 15) is 8.78 Å². The monoisotopic (exact) mass is 355 g/mol. The van der Waals surface area contributed by atoms with Crippen LogP contribution in [0.5, 0.6) is 5.75 Å². The molecule has 112 valence electrons. The van der Waals surface area contributed by atoms with Crippen LogP contribution in [0.2, 0.25) is 0 Å². The van der Waals surface area contributed by atoms with Crippen molar-refractivity contribution in [3.8, 4) is 5.75 Å². The van der Waals surface area contributed by atoms with E-state index in [1.165, 1.54) is 12.1 Å². The predicted molar refractivity (Wildman–Crippen MR) is 82.3 cm³/mol. The summed E-state index contributed by atoms with van der Waals surface area (Å²) in [5.41, 5.74) is 7.33. The van der Waals surface area contributed by atoms with Gasteiger partial charge >= 0.3 is 0 Å². The predicted octanol–water partition coefficient (Wildman–Crippen LogP) is 4.12. The van der Waals surface area contributed by atoms with E-state index in [1.807, 2.05) is 25.1 Å². The molecule has 0 heterocycles. The van der Waals surface area contributed by atoms with Crippen molar-refractivity contribution < 1.29 is 13.5 Å². The van der Waals surface area contributed by atoms with Crippen molar-refractivity contribution in [1.29, 1.82) is 0 Å². The van der Waals surface area contributed by atoms with Crippen molar-refractivity contribution in [2.24, 2.45) is 5.73 Å². The summed E-state index contributed by atoms with van der Waals surface area (Å²) in [6.45, 7) is 2.21. The third-order valence-corrected chi connectivity index (χ3v) is 3.82. The first-order valence-electron chi connectivity index (χ1n) is 6.58. The third kappa shape index (κ3) is 3.60. The highest BCUT2D eigenvalue weighted by Crippen LogP contribution is 2.27. The summed E-state index contributed by atoms with van der Waals surface area (Å²) < 4.78 is 33.5. The number of benzene rings is 2. The molecule has 0 saturated heterocycles. The van der Waals surface area contributed by atoms with Gasteiger partial charge in [-0.3, -0.25) is 0 Å². The van der Waals surface area contributed by atoms with Gasteiger partial charge in [-0.2, -0.15) is 0 Å². The Morgan fingerprint density at radius 3 is 2.67 bits per heavy atom. The van der Waals surface area contributed by atoms with Gasteiger partial charge in [0.1, 0.15) is 24.0 Å². The van der Waals surface area contributed by atoms with E-state index in [-0.39, 0.29) is 16.6 Å². The molecule has 0 spiro atoms. The first-order chi connectivity index (χ1) is 10.0. The molecule has 0 aliphatic carbocycles. The minimum Gasteiger partial charge on any atom is -0.488 e. The molecule has 2 aromatic carbocycles. The van der Waals surface area contributed by atoms with Crippen LogP contribution in [0.25, 0.3) is 0 Å². The molecule has 2 N–H and O–H groups in total. The Kier molecular flexibility index (Phi) is 5.31. The van der Waals surface area contributed by atoms with Crippen molar-refractivity contribution in [2.75, 3.05) is 6.54 Å². The summed E-state index contributed by atoms with van der Waals surface area (Å²) >= 11 is 3.05. The summed E-state index contributed by atoms with van der Waals surface area (Å²) in [4.78, 5) is 0. The van der Waals surface area contributed by atoms with Crippen molar-refractivity contribution in [3.63, 3.8) is 0 Å². The van der Waals surface area contributed by atoms with Crippen molar-refractivity contribution >= 4 is 15.9 Å². The average molecular weight is 356 g/mol.